The second-order valence-electron chi connectivity index (χ2n) is 3.97. The quantitative estimate of drug-likeness (QED) is 0.696. The molecule has 0 atom stereocenters. The lowest BCUT2D eigenvalue weighted by Crippen LogP contribution is -2.16. The fraction of sp³-hybridized carbons (Fsp3) is 0.545. The maximum atomic E-state index is 11.4. The number of Topliss-reactive ketones (excluding diaryl/α,β-unsaturated/α-hetero) is 1. The number of carbonyl (C=O) groups is 1. The van der Waals surface area contributed by atoms with E-state index in [4.69, 9.17) is 4.42 Å². The Morgan fingerprint density at radius 3 is 2.38 bits per heavy atom. The van der Waals surface area contributed by atoms with Crippen LogP contribution in [0.3, 0.4) is 0 Å². The SMILES string of the molecule is CC(=O)C1(c2cc(C)oc2C)CC1. The first kappa shape index (κ1) is 8.54. The van der Waals surface area contributed by atoms with Crippen molar-refractivity contribution in [2.45, 2.75) is 39.0 Å². The first-order valence-corrected chi connectivity index (χ1v) is 4.65. The van der Waals surface area contributed by atoms with Crippen LogP contribution in [0.25, 0.3) is 0 Å². The molecular formula is C11H14O2. The number of hydrogen-bond donors (Lipinski definition) is 0. The van der Waals surface area contributed by atoms with Crippen molar-refractivity contribution >= 4 is 5.78 Å². The lowest BCUT2D eigenvalue weighted by molar-refractivity contribution is -0.119. The molecule has 0 amide bonds. The monoisotopic (exact) mass is 178 g/mol. The van der Waals surface area contributed by atoms with Gasteiger partial charge in [0, 0.05) is 5.56 Å². The first-order chi connectivity index (χ1) is 6.06. The molecule has 0 saturated heterocycles. The van der Waals surface area contributed by atoms with Crippen molar-refractivity contribution in [2.75, 3.05) is 0 Å². The molecule has 0 N–H and O–H groups in total. The standard InChI is InChI=1S/C11H14O2/c1-7-6-10(8(2)13-7)11(4-5-11)9(3)12/h6H,4-5H2,1-3H3. The summed E-state index contributed by atoms with van der Waals surface area (Å²) in [6.45, 7) is 5.53. The van der Waals surface area contributed by atoms with E-state index in [-0.39, 0.29) is 11.2 Å². The summed E-state index contributed by atoms with van der Waals surface area (Å²) in [5.74, 6) is 2.08. The zero-order valence-corrected chi connectivity index (χ0v) is 8.31. The van der Waals surface area contributed by atoms with Crippen LogP contribution in [0.5, 0.6) is 0 Å². The molecule has 2 rings (SSSR count). The van der Waals surface area contributed by atoms with Gasteiger partial charge in [-0.25, -0.2) is 0 Å². The zero-order valence-electron chi connectivity index (χ0n) is 8.31. The fourth-order valence-corrected chi connectivity index (χ4v) is 2.04. The van der Waals surface area contributed by atoms with Gasteiger partial charge in [0.25, 0.3) is 0 Å². The normalized spacial score (nSPS) is 18.7. The second kappa shape index (κ2) is 2.47. The molecule has 0 unspecified atom stereocenters. The summed E-state index contributed by atoms with van der Waals surface area (Å²) in [5.41, 5.74) is 0.930. The number of ketones is 1. The van der Waals surface area contributed by atoms with E-state index < -0.39 is 0 Å². The Morgan fingerprint density at radius 2 is 2.08 bits per heavy atom. The lowest BCUT2D eigenvalue weighted by atomic mass is 9.92. The van der Waals surface area contributed by atoms with Crippen LogP contribution in [0.15, 0.2) is 10.5 Å². The maximum absolute atomic E-state index is 11.4. The van der Waals surface area contributed by atoms with E-state index in [9.17, 15) is 4.79 Å². The molecule has 0 radical (unpaired) electrons. The van der Waals surface area contributed by atoms with Crippen molar-refractivity contribution in [3.05, 3.63) is 23.2 Å². The Hall–Kier alpha value is -1.05. The van der Waals surface area contributed by atoms with Gasteiger partial charge in [0.15, 0.2) is 0 Å². The molecule has 1 aromatic heterocycles. The molecule has 0 aliphatic heterocycles. The van der Waals surface area contributed by atoms with E-state index in [2.05, 4.69) is 0 Å². The third kappa shape index (κ3) is 1.12. The molecule has 0 spiro atoms. The molecule has 1 aliphatic carbocycles. The highest BCUT2D eigenvalue weighted by molar-refractivity contribution is 5.91. The van der Waals surface area contributed by atoms with Crippen LogP contribution >= 0.6 is 0 Å². The summed E-state index contributed by atoms with van der Waals surface area (Å²) in [7, 11) is 0. The number of aryl methyl sites for hydroxylation is 2. The van der Waals surface area contributed by atoms with E-state index in [0.717, 1.165) is 29.9 Å². The minimum absolute atomic E-state index is 0.179. The van der Waals surface area contributed by atoms with Gasteiger partial charge < -0.3 is 4.42 Å². The van der Waals surface area contributed by atoms with Crippen LogP contribution in [-0.4, -0.2) is 5.78 Å². The van der Waals surface area contributed by atoms with Crippen molar-refractivity contribution in [3.8, 4) is 0 Å². The number of carbonyl (C=O) groups excluding carboxylic acids is 1. The number of furan rings is 1. The van der Waals surface area contributed by atoms with Gasteiger partial charge in [0.1, 0.15) is 17.3 Å². The van der Waals surface area contributed by atoms with Crippen molar-refractivity contribution < 1.29 is 9.21 Å². The molecule has 1 aromatic rings. The van der Waals surface area contributed by atoms with Crippen molar-refractivity contribution in [1.82, 2.24) is 0 Å². The van der Waals surface area contributed by atoms with Crippen LogP contribution < -0.4 is 0 Å². The average Bonchev–Trinajstić information content (AvgIpc) is 2.75. The van der Waals surface area contributed by atoms with Gasteiger partial charge in [-0.3, -0.25) is 4.79 Å². The van der Waals surface area contributed by atoms with E-state index in [1.54, 1.807) is 6.92 Å². The van der Waals surface area contributed by atoms with Crippen LogP contribution in [0.2, 0.25) is 0 Å². The molecule has 1 saturated carbocycles. The van der Waals surface area contributed by atoms with Crippen LogP contribution in [0, 0.1) is 13.8 Å². The average molecular weight is 178 g/mol. The smallest absolute Gasteiger partial charge is 0.140 e. The maximum Gasteiger partial charge on any atom is 0.140 e. The molecular weight excluding hydrogens is 164 g/mol. The summed E-state index contributed by atoms with van der Waals surface area (Å²) in [4.78, 5) is 11.4. The molecule has 1 aliphatic rings. The van der Waals surface area contributed by atoms with Crippen molar-refractivity contribution in [3.63, 3.8) is 0 Å². The Morgan fingerprint density at radius 1 is 1.46 bits per heavy atom. The van der Waals surface area contributed by atoms with Gasteiger partial charge in [-0.2, -0.15) is 0 Å². The second-order valence-corrected chi connectivity index (χ2v) is 3.97. The predicted molar refractivity (Wildman–Crippen MR) is 49.8 cm³/mol. The Labute approximate surface area is 77.9 Å². The van der Waals surface area contributed by atoms with Gasteiger partial charge in [-0.15, -0.1) is 0 Å². The Kier molecular flexibility index (Phi) is 1.62. The van der Waals surface area contributed by atoms with E-state index in [1.165, 1.54) is 0 Å². The Balaban J connectivity index is 2.46. The summed E-state index contributed by atoms with van der Waals surface area (Å²) >= 11 is 0. The first-order valence-electron chi connectivity index (χ1n) is 4.65. The molecule has 13 heavy (non-hydrogen) atoms. The highest BCUT2D eigenvalue weighted by Gasteiger charge is 2.50. The highest BCUT2D eigenvalue weighted by Crippen LogP contribution is 2.50. The fourth-order valence-electron chi connectivity index (χ4n) is 2.04. The van der Waals surface area contributed by atoms with Crippen molar-refractivity contribution in [1.29, 1.82) is 0 Å². The van der Waals surface area contributed by atoms with E-state index in [1.807, 2.05) is 19.9 Å². The van der Waals surface area contributed by atoms with Crippen LogP contribution in [0.1, 0.15) is 36.8 Å². The van der Waals surface area contributed by atoms with Crippen LogP contribution in [0.4, 0.5) is 0 Å². The highest BCUT2D eigenvalue weighted by atomic mass is 16.3. The van der Waals surface area contributed by atoms with E-state index >= 15 is 0 Å². The molecule has 2 heteroatoms. The van der Waals surface area contributed by atoms with E-state index in [0.29, 0.717) is 0 Å². The molecule has 1 heterocycles. The topological polar surface area (TPSA) is 30.2 Å². The Bertz CT molecular complexity index is 356. The van der Waals surface area contributed by atoms with Crippen LogP contribution in [-0.2, 0) is 10.2 Å². The minimum Gasteiger partial charge on any atom is -0.466 e. The van der Waals surface area contributed by atoms with Gasteiger partial charge in [-0.1, -0.05) is 0 Å². The van der Waals surface area contributed by atoms with Gasteiger partial charge in [0.2, 0.25) is 0 Å². The number of rotatable bonds is 2. The molecule has 0 aromatic carbocycles. The summed E-state index contributed by atoms with van der Waals surface area (Å²) in [6, 6.07) is 2.00. The summed E-state index contributed by atoms with van der Waals surface area (Å²) in [6.07, 6.45) is 1.98. The predicted octanol–water partition coefficient (Wildman–Crippen LogP) is 2.52. The molecule has 1 fully saturated rings. The lowest BCUT2D eigenvalue weighted by Gasteiger charge is -2.08. The largest absolute Gasteiger partial charge is 0.466 e. The van der Waals surface area contributed by atoms with Gasteiger partial charge >= 0.3 is 0 Å². The zero-order chi connectivity index (χ0) is 9.64. The third-order valence-corrected chi connectivity index (χ3v) is 2.98. The van der Waals surface area contributed by atoms with Crippen molar-refractivity contribution in [2.24, 2.45) is 0 Å². The van der Waals surface area contributed by atoms with Gasteiger partial charge in [0.05, 0.1) is 5.41 Å². The number of hydrogen-bond acceptors (Lipinski definition) is 2. The summed E-state index contributed by atoms with van der Waals surface area (Å²) in [5, 5.41) is 0. The molecule has 2 nitrogen and oxygen atoms in total. The van der Waals surface area contributed by atoms with Gasteiger partial charge in [-0.05, 0) is 39.7 Å². The molecule has 70 valence electrons. The molecule has 0 bridgehead atoms. The minimum atomic E-state index is -0.179. The summed E-state index contributed by atoms with van der Waals surface area (Å²) < 4.78 is 5.44. The third-order valence-electron chi connectivity index (χ3n) is 2.98.